The molecule has 2 aromatic rings. The molecule has 0 spiro atoms. The van der Waals surface area contributed by atoms with Gasteiger partial charge < -0.3 is 10.5 Å². The van der Waals surface area contributed by atoms with Crippen molar-refractivity contribution < 1.29 is 14.3 Å². The van der Waals surface area contributed by atoms with Gasteiger partial charge in [0, 0.05) is 11.3 Å². The molecule has 0 unspecified atom stereocenters. The Bertz CT molecular complexity index is 752. The number of rotatable bonds is 4. The van der Waals surface area contributed by atoms with E-state index in [2.05, 4.69) is 5.10 Å². The second-order valence-electron chi connectivity index (χ2n) is 6.03. The fourth-order valence-corrected chi connectivity index (χ4v) is 3.00. The molecule has 1 aliphatic rings. The van der Waals surface area contributed by atoms with Crippen LogP contribution in [0.3, 0.4) is 0 Å². The van der Waals surface area contributed by atoms with Gasteiger partial charge in [0.15, 0.2) is 11.8 Å². The number of para-hydroxylation sites is 1. The molecule has 0 saturated heterocycles. The molecule has 1 aromatic carbocycles. The summed E-state index contributed by atoms with van der Waals surface area (Å²) in [5.41, 5.74) is 8.37. The largest absolute Gasteiger partial charge is 0.448 e. The number of ether oxygens (including phenoxy) is 1. The van der Waals surface area contributed by atoms with Crippen LogP contribution in [-0.2, 0) is 22.4 Å². The Morgan fingerprint density at radius 2 is 1.88 bits per heavy atom. The number of primary amides is 1. The summed E-state index contributed by atoms with van der Waals surface area (Å²) in [7, 11) is 0. The second-order valence-corrected chi connectivity index (χ2v) is 6.03. The highest BCUT2D eigenvalue weighted by Gasteiger charge is 2.27. The third kappa shape index (κ3) is 3.18. The Labute approximate surface area is 140 Å². The van der Waals surface area contributed by atoms with E-state index in [4.69, 9.17) is 10.5 Å². The van der Waals surface area contributed by atoms with Crippen LogP contribution in [0.2, 0.25) is 0 Å². The lowest BCUT2D eigenvalue weighted by Gasteiger charge is -2.08. The summed E-state index contributed by atoms with van der Waals surface area (Å²) in [6, 6.07) is 9.73. The monoisotopic (exact) mass is 327 g/mol. The van der Waals surface area contributed by atoms with Crippen LogP contribution < -0.4 is 5.73 Å². The minimum Gasteiger partial charge on any atom is -0.448 e. The number of carbonyl (C=O) groups is 2. The number of carbonyl (C=O) groups excluding carboxylic acids is 2. The number of nitrogens with two attached hydrogens (primary N) is 1. The van der Waals surface area contributed by atoms with Crippen LogP contribution in [0, 0.1) is 0 Å². The van der Waals surface area contributed by atoms with Crippen molar-refractivity contribution in [3.05, 3.63) is 47.3 Å². The summed E-state index contributed by atoms with van der Waals surface area (Å²) in [6.07, 6.45) is 3.89. The van der Waals surface area contributed by atoms with E-state index in [0.717, 1.165) is 49.0 Å². The molecule has 1 heterocycles. The van der Waals surface area contributed by atoms with Gasteiger partial charge in [-0.1, -0.05) is 24.6 Å². The van der Waals surface area contributed by atoms with Crippen LogP contribution in [0.5, 0.6) is 0 Å². The molecule has 2 N–H and O–H groups in total. The van der Waals surface area contributed by atoms with E-state index < -0.39 is 18.0 Å². The van der Waals surface area contributed by atoms with Crippen molar-refractivity contribution in [2.45, 2.75) is 45.1 Å². The number of esters is 1. The third-order valence-electron chi connectivity index (χ3n) is 4.31. The average Bonchev–Trinajstić information content (AvgIpc) is 2.77. The van der Waals surface area contributed by atoms with Crippen molar-refractivity contribution in [3.8, 4) is 5.69 Å². The number of fused-ring (bicyclic) bond motifs is 1. The van der Waals surface area contributed by atoms with Crippen LogP contribution in [0.15, 0.2) is 30.3 Å². The van der Waals surface area contributed by atoms with Crippen LogP contribution in [0.1, 0.15) is 47.9 Å². The standard InChI is InChI=1S/C18H21N3O3/c1-12(17(19)22)24-18(23)16-14-10-6-3-7-11-15(14)21(20-16)13-8-4-2-5-9-13/h2,4-5,8-9,12H,3,6-7,10-11H2,1H3,(H2,19,22)/t12-/m1/s1. The van der Waals surface area contributed by atoms with Crippen molar-refractivity contribution in [3.63, 3.8) is 0 Å². The maximum absolute atomic E-state index is 12.5. The highest BCUT2D eigenvalue weighted by Crippen LogP contribution is 2.27. The van der Waals surface area contributed by atoms with Gasteiger partial charge in [-0.05, 0) is 44.7 Å². The first-order valence-electron chi connectivity index (χ1n) is 8.24. The lowest BCUT2D eigenvalue weighted by molar-refractivity contribution is -0.125. The zero-order chi connectivity index (χ0) is 17.1. The minimum absolute atomic E-state index is 0.295. The van der Waals surface area contributed by atoms with Gasteiger partial charge in [0.1, 0.15) is 0 Å². The molecule has 3 rings (SSSR count). The molecule has 0 fully saturated rings. The van der Waals surface area contributed by atoms with Gasteiger partial charge in [-0.3, -0.25) is 4.79 Å². The van der Waals surface area contributed by atoms with Gasteiger partial charge >= 0.3 is 5.97 Å². The predicted molar refractivity (Wildman–Crippen MR) is 88.9 cm³/mol. The van der Waals surface area contributed by atoms with E-state index in [1.54, 1.807) is 0 Å². The molecule has 1 aromatic heterocycles. The molecule has 1 aliphatic carbocycles. The zero-order valence-corrected chi connectivity index (χ0v) is 13.7. The quantitative estimate of drug-likeness (QED) is 0.688. The normalized spacial score (nSPS) is 15.2. The molecular weight excluding hydrogens is 306 g/mol. The van der Waals surface area contributed by atoms with E-state index in [9.17, 15) is 9.59 Å². The number of amides is 1. The van der Waals surface area contributed by atoms with Crippen LogP contribution in [0.4, 0.5) is 0 Å². The Kier molecular flexibility index (Phi) is 4.64. The van der Waals surface area contributed by atoms with Crippen LogP contribution in [-0.4, -0.2) is 27.8 Å². The van der Waals surface area contributed by atoms with Crippen molar-refractivity contribution in [1.82, 2.24) is 9.78 Å². The van der Waals surface area contributed by atoms with Gasteiger partial charge in [-0.2, -0.15) is 5.10 Å². The van der Waals surface area contributed by atoms with Gasteiger partial charge in [-0.15, -0.1) is 0 Å². The highest BCUT2D eigenvalue weighted by atomic mass is 16.5. The maximum atomic E-state index is 12.5. The molecule has 0 aliphatic heterocycles. The smallest absolute Gasteiger partial charge is 0.359 e. The highest BCUT2D eigenvalue weighted by molar-refractivity contribution is 5.92. The predicted octanol–water partition coefficient (Wildman–Crippen LogP) is 2.17. The Balaban J connectivity index is 2.02. The number of hydrogen-bond donors (Lipinski definition) is 1. The van der Waals surface area contributed by atoms with Crippen LogP contribution >= 0.6 is 0 Å². The van der Waals surface area contributed by atoms with Crippen molar-refractivity contribution in [1.29, 1.82) is 0 Å². The summed E-state index contributed by atoms with van der Waals surface area (Å²) < 4.78 is 6.99. The third-order valence-corrected chi connectivity index (χ3v) is 4.31. The van der Waals surface area contributed by atoms with Gasteiger partial charge in [0.2, 0.25) is 0 Å². The van der Waals surface area contributed by atoms with Gasteiger partial charge in [-0.25, -0.2) is 9.48 Å². The summed E-state index contributed by atoms with van der Waals surface area (Å²) in [4.78, 5) is 23.6. The molecule has 1 amide bonds. The molecule has 1 atom stereocenters. The molecular formula is C18H21N3O3. The van der Waals surface area contributed by atoms with E-state index in [0.29, 0.717) is 5.69 Å². The summed E-state index contributed by atoms with van der Waals surface area (Å²) in [5, 5.41) is 4.51. The van der Waals surface area contributed by atoms with E-state index in [1.165, 1.54) is 6.92 Å². The number of hydrogen-bond acceptors (Lipinski definition) is 4. The fraction of sp³-hybridized carbons (Fsp3) is 0.389. The number of nitrogens with zero attached hydrogens (tertiary/aromatic N) is 2. The minimum atomic E-state index is -0.971. The first kappa shape index (κ1) is 16.2. The van der Waals surface area contributed by atoms with Crippen LogP contribution in [0.25, 0.3) is 5.69 Å². The molecule has 6 nitrogen and oxygen atoms in total. The van der Waals surface area contributed by atoms with E-state index >= 15 is 0 Å². The topological polar surface area (TPSA) is 87.2 Å². The fourth-order valence-electron chi connectivity index (χ4n) is 3.00. The summed E-state index contributed by atoms with van der Waals surface area (Å²) in [5.74, 6) is -1.26. The van der Waals surface area contributed by atoms with Gasteiger partial charge in [0.05, 0.1) is 5.69 Å². The molecule has 126 valence electrons. The van der Waals surface area contributed by atoms with E-state index in [1.807, 2.05) is 35.0 Å². The second kappa shape index (κ2) is 6.86. The Morgan fingerprint density at radius 3 is 2.58 bits per heavy atom. The van der Waals surface area contributed by atoms with Crippen molar-refractivity contribution >= 4 is 11.9 Å². The SMILES string of the molecule is C[C@@H](OC(=O)c1nn(-c2ccccc2)c2c1CCCCC2)C(N)=O. The molecule has 0 bridgehead atoms. The Hall–Kier alpha value is -2.63. The van der Waals surface area contributed by atoms with Crippen molar-refractivity contribution in [2.24, 2.45) is 5.73 Å². The Morgan fingerprint density at radius 1 is 1.17 bits per heavy atom. The van der Waals surface area contributed by atoms with Crippen molar-refractivity contribution in [2.75, 3.05) is 0 Å². The first-order valence-corrected chi connectivity index (χ1v) is 8.24. The molecule has 0 radical (unpaired) electrons. The molecule has 6 heteroatoms. The van der Waals surface area contributed by atoms with Gasteiger partial charge in [0.25, 0.3) is 5.91 Å². The lowest BCUT2D eigenvalue weighted by atomic mass is 10.1. The lowest BCUT2D eigenvalue weighted by Crippen LogP contribution is -2.30. The average molecular weight is 327 g/mol. The maximum Gasteiger partial charge on any atom is 0.359 e. The zero-order valence-electron chi connectivity index (χ0n) is 13.7. The number of benzene rings is 1. The summed E-state index contributed by atoms with van der Waals surface area (Å²) >= 11 is 0. The summed E-state index contributed by atoms with van der Waals surface area (Å²) in [6.45, 7) is 1.47. The molecule has 24 heavy (non-hydrogen) atoms. The van der Waals surface area contributed by atoms with E-state index in [-0.39, 0.29) is 0 Å². The molecule has 0 saturated carbocycles. The number of aromatic nitrogens is 2. The first-order chi connectivity index (χ1) is 11.6.